The lowest BCUT2D eigenvalue weighted by Crippen LogP contribution is -2.36. The predicted octanol–water partition coefficient (Wildman–Crippen LogP) is 4.24. The van der Waals surface area contributed by atoms with Crippen LogP contribution in [0.1, 0.15) is 24.0 Å². The van der Waals surface area contributed by atoms with Crippen molar-refractivity contribution in [2.24, 2.45) is 0 Å². The molecule has 0 unspecified atom stereocenters. The fraction of sp³-hybridized carbons (Fsp3) is 0.300. The summed E-state index contributed by atoms with van der Waals surface area (Å²) in [5, 5.41) is 2.64. The van der Waals surface area contributed by atoms with Crippen molar-refractivity contribution >= 4 is 29.3 Å². The summed E-state index contributed by atoms with van der Waals surface area (Å²) in [6.07, 6.45) is -4.27. The number of amides is 2. The van der Waals surface area contributed by atoms with E-state index in [1.165, 1.54) is 12.1 Å². The van der Waals surface area contributed by atoms with E-state index in [0.717, 1.165) is 28.5 Å². The molecule has 28 heavy (non-hydrogen) atoms. The third kappa shape index (κ3) is 5.07. The summed E-state index contributed by atoms with van der Waals surface area (Å²) in [4.78, 5) is 27.3. The summed E-state index contributed by atoms with van der Waals surface area (Å²) in [5.41, 5.74) is 0.705. The minimum absolute atomic E-state index is 0.0330. The second-order valence-corrected chi connectivity index (χ2v) is 7.47. The van der Waals surface area contributed by atoms with Gasteiger partial charge in [0.2, 0.25) is 11.8 Å². The molecule has 2 amide bonds. The first kappa shape index (κ1) is 20.3. The van der Waals surface area contributed by atoms with Gasteiger partial charge in [0.25, 0.3) is 0 Å². The molecule has 2 aromatic rings. The van der Waals surface area contributed by atoms with Crippen LogP contribution in [-0.2, 0) is 22.3 Å². The highest BCUT2D eigenvalue weighted by molar-refractivity contribution is 7.99. The van der Waals surface area contributed by atoms with Gasteiger partial charge < -0.3 is 10.2 Å². The van der Waals surface area contributed by atoms with Gasteiger partial charge in [0.1, 0.15) is 0 Å². The Morgan fingerprint density at radius 3 is 2.46 bits per heavy atom. The second kappa shape index (κ2) is 8.68. The van der Waals surface area contributed by atoms with Crippen LogP contribution in [0.25, 0.3) is 0 Å². The highest BCUT2D eigenvalue weighted by Gasteiger charge is 2.30. The fourth-order valence-electron chi connectivity index (χ4n) is 2.88. The molecule has 2 aromatic carbocycles. The molecule has 0 spiro atoms. The Morgan fingerprint density at radius 1 is 1.04 bits per heavy atom. The van der Waals surface area contributed by atoms with Crippen molar-refractivity contribution in [2.75, 3.05) is 17.2 Å². The van der Waals surface area contributed by atoms with Crippen LogP contribution in [0.2, 0.25) is 0 Å². The number of anilines is 1. The number of carbonyl (C=O) groups is 2. The first-order chi connectivity index (χ1) is 13.3. The Balaban J connectivity index is 1.48. The molecule has 3 rings (SSSR count). The number of rotatable bonds is 5. The normalized spacial score (nSPS) is 13.8. The number of carbonyl (C=O) groups excluding carboxylic acids is 2. The van der Waals surface area contributed by atoms with Crippen LogP contribution in [0.15, 0.2) is 53.4 Å². The molecule has 0 fully saturated rings. The number of nitrogens with zero attached hydrogens (tertiary/aromatic N) is 1. The summed E-state index contributed by atoms with van der Waals surface area (Å²) >= 11 is 1.70. The maximum atomic E-state index is 12.5. The molecule has 4 nitrogen and oxygen atoms in total. The molecule has 148 valence electrons. The molecule has 0 radical (unpaired) electrons. The van der Waals surface area contributed by atoms with E-state index in [1.807, 2.05) is 24.3 Å². The van der Waals surface area contributed by atoms with Gasteiger partial charge >= 0.3 is 6.18 Å². The van der Waals surface area contributed by atoms with E-state index < -0.39 is 11.7 Å². The highest BCUT2D eigenvalue weighted by atomic mass is 32.2. The van der Waals surface area contributed by atoms with Gasteiger partial charge in [-0.05, 0) is 29.8 Å². The summed E-state index contributed by atoms with van der Waals surface area (Å²) in [7, 11) is 0. The molecule has 0 bridgehead atoms. The maximum Gasteiger partial charge on any atom is 0.416 e. The number of hydrogen-bond acceptors (Lipinski definition) is 3. The first-order valence-electron chi connectivity index (χ1n) is 8.79. The monoisotopic (exact) mass is 408 g/mol. The maximum absolute atomic E-state index is 12.5. The number of benzene rings is 2. The Labute approximate surface area is 165 Å². The number of alkyl halides is 3. The minimum Gasteiger partial charge on any atom is -0.352 e. The molecule has 0 aliphatic carbocycles. The van der Waals surface area contributed by atoms with E-state index in [-0.39, 0.29) is 31.2 Å². The topological polar surface area (TPSA) is 49.4 Å². The molecule has 0 saturated heterocycles. The lowest BCUT2D eigenvalue weighted by molar-refractivity contribution is -0.137. The van der Waals surface area contributed by atoms with E-state index >= 15 is 0 Å². The fourth-order valence-corrected chi connectivity index (χ4v) is 3.88. The van der Waals surface area contributed by atoms with Gasteiger partial charge in [-0.15, -0.1) is 11.8 Å². The van der Waals surface area contributed by atoms with Crippen molar-refractivity contribution in [1.82, 2.24) is 5.32 Å². The zero-order valence-electron chi connectivity index (χ0n) is 15.0. The number of nitrogens with one attached hydrogen (secondary N) is 1. The molecule has 0 atom stereocenters. The first-order valence-corrected chi connectivity index (χ1v) is 9.78. The van der Waals surface area contributed by atoms with E-state index in [4.69, 9.17) is 0 Å². The van der Waals surface area contributed by atoms with Crippen molar-refractivity contribution in [2.45, 2.75) is 30.5 Å². The lowest BCUT2D eigenvalue weighted by atomic mass is 10.1. The van der Waals surface area contributed by atoms with Gasteiger partial charge in [-0.3, -0.25) is 9.59 Å². The van der Waals surface area contributed by atoms with Gasteiger partial charge in [-0.2, -0.15) is 13.2 Å². The average molecular weight is 408 g/mol. The Morgan fingerprint density at radius 2 is 1.75 bits per heavy atom. The van der Waals surface area contributed by atoms with Crippen molar-refractivity contribution in [3.8, 4) is 0 Å². The van der Waals surface area contributed by atoms with E-state index in [9.17, 15) is 22.8 Å². The largest absolute Gasteiger partial charge is 0.416 e. The van der Waals surface area contributed by atoms with E-state index in [0.29, 0.717) is 12.1 Å². The van der Waals surface area contributed by atoms with Crippen molar-refractivity contribution in [1.29, 1.82) is 0 Å². The second-order valence-electron chi connectivity index (χ2n) is 6.33. The van der Waals surface area contributed by atoms with Crippen LogP contribution in [0.5, 0.6) is 0 Å². The van der Waals surface area contributed by atoms with Crippen LogP contribution in [-0.4, -0.2) is 24.1 Å². The Kier molecular flexibility index (Phi) is 6.28. The number of halogens is 3. The zero-order valence-corrected chi connectivity index (χ0v) is 15.8. The minimum atomic E-state index is -4.38. The van der Waals surface area contributed by atoms with Crippen molar-refractivity contribution in [3.05, 3.63) is 59.7 Å². The van der Waals surface area contributed by atoms with Gasteiger partial charge in [0, 0.05) is 36.6 Å². The highest BCUT2D eigenvalue weighted by Crippen LogP contribution is 2.34. The smallest absolute Gasteiger partial charge is 0.352 e. The lowest BCUT2D eigenvalue weighted by Gasteiger charge is -2.29. The third-order valence-corrected chi connectivity index (χ3v) is 5.41. The molecule has 1 N–H and O–H groups in total. The van der Waals surface area contributed by atoms with Gasteiger partial charge in [0.05, 0.1) is 11.3 Å². The molecular formula is C20H19F3N2O2S. The van der Waals surface area contributed by atoms with Crippen molar-refractivity contribution in [3.63, 3.8) is 0 Å². The molecule has 1 heterocycles. The molecule has 1 aliphatic heterocycles. The number of fused-ring (bicyclic) bond motifs is 1. The third-order valence-electron chi connectivity index (χ3n) is 4.37. The Bertz CT molecular complexity index is 853. The standard InChI is InChI=1S/C20H19F3N2O2S/c21-20(22,23)15-7-5-14(6-8-15)13-24-18(26)9-10-19(27)25-11-12-28-17-4-2-1-3-16(17)25/h1-8H,9-13H2,(H,24,26). The molecule has 1 aliphatic rings. The van der Waals surface area contributed by atoms with Gasteiger partial charge in [0.15, 0.2) is 0 Å². The summed E-state index contributed by atoms with van der Waals surface area (Å²) in [5.74, 6) is 0.383. The van der Waals surface area contributed by atoms with Crippen LogP contribution in [0.3, 0.4) is 0 Å². The van der Waals surface area contributed by atoms with Gasteiger partial charge in [-0.25, -0.2) is 0 Å². The molecular weight excluding hydrogens is 389 g/mol. The Hall–Kier alpha value is -2.48. The van der Waals surface area contributed by atoms with Crippen molar-refractivity contribution < 1.29 is 22.8 Å². The van der Waals surface area contributed by atoms with E-state index in [1.54, 1.807) is 16.7 Å². The average Bonchev–Trinajstić information content (AvgIpc) is 2.69. The summed E-state index contributed by atoms with van der Waals surface area (Å²) < 4.78 is 37.6. The number of para-hydroxylation sites is 1. The SMILES string of the molecule is O=C(CCC(=O)N1CCSc2ccccc21)NCc1ccc(C(F)(F)F)cc1. The molecule has 0 saturated carbocycles. The summed E-state index contributed by atoms with van der Waals surface area (Å²) in [6, 6.07) is 12.3. The van der Waals surface area contributed by atoms with Crippen LogP contribution >= 0.6 is 11.8 Å². The van der Waals surface area contributed by atoms with Gasteiger partial charge in [-0.1, -0.05) is 24.3 Å². The quantitative estimate of drug-likeness (QED) is 0.805. The zero-order chi connectivity index (χ0) is 20.1. The molecule has 8 heteroatoms. The number of hydrogen-bond donors (Lipinski definition) is 1. The number of thioether (sulfide) groups is 1. The van der Waals surface area contributed by atoms with E-state index in [2.05, 4.69) is 5.32 Å². The molecule has 0 aromatic heterocycles. The van der Waals surface area contributed by atoms with Crippen LogP contribution in [0.4, 0.5) is 18.9 Å². The van der Waals surface area contributed by atoms with Crippen LogP contribution < -0.4 is 10.2 Å². The summed E-state index contributed by atoms with van der Waals surface area (Å²) in [6.45, 7) is 0.724. The predicted molar refractivity (Wildman–Crippen MR) is 102 cm³/mol. The van der Waals surface area contributed by atoms with Crippen LogP contribution in [0, 0.1) is 0 Å².